The second kappa shape index (κ2) is 8.64. The fourth-order valence-corrected chi connectivity index (χ4v) is 2.41. The molecule has 0 spiro atoms. The van der Waals surface area contributed by atoms with Crippen LogP contribution in [-0.4, -0.2) is 30.6 Å². The zero-order chi connectivity index (χ0) is 16.7. The molecule has 1 saturated heterocycles. The number of nitrogens with two attached hydrogens (primary N) is 1. The fraction of sp³-hybridized carbons (Fsp3) is 0.529. The van der Waals surface area contributed by atoms with E-state index in [2.05, 4.69) is 10.6 Å². The average molecular weight is 319 g/mol. The van der Waals surface area contributed by atoms with E-state index < -0.39 is 0 Å². The maximum atomic E-state index is 12.0. The van der Waals surface area contributed by atoms with Crippen LogP contribution in [0, 0.1) is 0 Å². The van der Waals surface area contributed by atoms with Crippen LogP contribution in [0.3, 0.4) is 0 Å². The van der Waals surface area contributed by atoms with Crippen molar-refractivity contribution in [3.8, 4) is 0 Å². The lowest BCUT2D eigenvalue weighted by Crippen LogP contribution is -2.27. The van der Waals surface area contributed by atoms with Crippen molar-refractivity contribution in [2.24, 2.45) is 5.73 Å². The monoisotopic (exact) mass is 319 g/mol. The zero-order valence-electron chi connectivity index (χ0n) is 13.5. The normalized spacial score (nSPS) is 18.4. The number of hydrogen-bond acceptors (Lipinski definition) is 4. The quantitative estimate of drug-likeness (QED) is 0.711. The van der Waals surface area contributed by atoms with Gasteiger partial charge in [-0.1, -0.05) is 12.1 Å². The SMILES string of the molecule is CC(N)CCC(=O)NCc1cccc(NC(=O)C2CCCO2)c1. The lowest BCUT2D eigenvalue weighted by atomic mass is 10.1. The zero-order valence-corrected chi connectivity index (χ0v) is 13.5. The highest BCUT2D eigenvalue weighted by Gasteiger charge is 2.23. The summed E-state index contributed by atoms with van der Waals surface area (Å²) in [6.45, 7) is 2.96. The van der Waals surface area contributed by atoms with E-state index in [9.17, 15) is 9.59 Å². The minimum absolute atomic E-state index is 0.0175. The Hall–Kier alpha value is -1.92. The molecule has 1 fully saturated rings. The first kappa shape index (κ1) is 17.4. The molecule has 1 aromatic rings. The van der Waals surface area contributed by atoms with Gasteiger partial charge >= 0.3 is 0 Å². The predicted molar refractivity (Wildman–Crippen MR) is 88.8 cm³/mol. The van der Waals surface area contributed by atoms with Crippen LogP contribution in [0.25, 0.3) is 0 Å². The number of carbonyl (C=O) groups is 2. The van der Waals surface area contributed by atoms with Gasteiger partial charge in [0.05, 0.1) is 0 Å². The van der Waals surface area contributed by atoms with Crippen LogP contribution in [0.2, 0.25) is 0 Å². The van der Waals surface area contributed by atoms with Crippen molar-refractivity contribution in [2.75, 3.05) is 11.9 Å². The average Bonchev–Trinajstić information content (AvgIpc) is 3.06. The van der Waals surface area contributed by atoms with Gasteiger partial charge in [0, 0.05) is 31.3 Å². The Balaban J connectivity index is 1.82. The Morgan fingerprint density at radius 2 is 2.26 bits per heavy atom. The van der Waals surface area contributed by atoms with Crippen LogP contribution < -0.4 is 16.4 Å². The van der Waals surface area contributed by atoms with Gasteiger partial charge in [-0.2, -0.15) is 0 Å². The van der Waals surface area contributed by atoms with Gasteiger partial charge in [-0.05, 0) is 43.9 Å². The third-order valence-electron chi connectivity index (χ3n) is 3.73. The summed E-state index contributed by atoms with van der Waals surface area (Å²) in [5.41, 5.74) is 7.29. The first-order chi connectivity index (χ1) is 11.0. The van der Waals surface area contributed by atoms with Gasteiger partial charge in [-0.15, -0.1) is 0 Å². The molecule has 0 radical (unpaired) electrons. The highest BCUT2D eigenvalue weighted by molar-refractivity contribution is 5.94. The van der Waals surface area contributed by atoms with Crippen LogP contribution in [0.5, 0.6) is 0 Å². The molecule has 0 saturated carbocycles. The Labute approximate surface area is 136 Å². The topological polar surface area (TPSA) is 93.5 Å². The van der Waals surface area contributed by atoms with Crippen molar-refractivity contribution >= 4 is 17.5 Å². The predicted octanol–water partition coefficient (Wildman–Crippen LogP) is 1.55. The van der Waals surface area contributed by atoms with Crippen molar-refractivity contribution in [3.63, 3.8) is 0 Å². The maximum absolute atomic E-state index is 12.0. The van der Waals surface area contributed by atoms with Crippen molar-refractivity contribution in [1.29, 1.82) is 0 Å². The van der Waals surface area contributed by atoms with Crippen LogP contribution in [0.1, 0.15) is 38.2 Å². The Kier molecular flexibility index (Phi) is 6.55. The summed E-state index contributed by atoms with van der Waals surface area (Å²) in [4.78, 5) is 23.7. The molecule has 2 unspecified atom stereocenters. The summed E-state index contributed by atoms with van der Waals surface area (Å²) in [6, 6.07) is 7.48. The van der Waals surface area contributed by atoms with E-state index >= 15 is 0 Å². The molecule has 0 aromatic heterocycles. The minimum atomic E-state index is -0.350. The van der Waals surface area contributed by atoms with Crippen molar-refractivity contribution in [3.05, 3.63) is 29.8 Å². The smallest absolute Gasteiger partial charge is 0.253 e. The van der Waals surface area contributed by atoms with E-state index in [0.717, 1.165) is 18.4 Å². The molecule has 0 aliphatic carbocycles. The van der Waals surface area contributed by atoms with Gasteiger partial charge in [0.2, 0.25) is 5.91 Å². The molecule has 1 heterocycles. The van der Waals surface area contributed by atoms with Crippen molar-refractivity contribution in [2.45, 2.75) is 51.3 Å². The van der Waals surface area contributed by atoms with Crippen LogP contribution in [0.4, 0.5) is 5.69 Å². The second-order valence-electron chi connectivity index (χ2n) is 5.98. The molecule has 1 aromatic carbocycles. The second-order valence-corrected chi connectivity index (χ2v) is 5.98. The molecule has 4 N–H and O–H groups in total. The number of benzene rings is 1. The summed E-state index contributed by atoms with van der Waals surface area (Å²) in [5, 5.41) is 5.72. The molecule has 126 valence electrons. The van der Waals surface area contributed by atoms with Gasteiger partial charge < -0.3 is 21.1 Å². The van der Waals surface area contributed by atoms with Crippen LogP contribution in [0.15, 0.2) is 24.3 Å². The van der Waals surface area contributed by atoms with Crippen molar-refractivity contribution < 1.29 is 14.3 Å². The lowest BCUT2D eigenvalue weighted by molar-refractivity contribution is -0.124. The van der Waals surface area contributed by atoms with Crippen LogP contribution in [-0.2, 0) is 20.9 Å². The molecule has 2 amide bonds. The van der Waals surface area contributed by atoms with Gasteiger partial charge in [0.15, 0.2) is 0 Å². The van der Waals surface area contributed by atoms with E-state index in [1.165, 1.54) is 0 Å². The molecule has 0 bridgehead atoms. The summed E-state index contributed by atoms with van der Waals surface area (Å²) in [6.07, 6.45) is 2.43. The molecule has 1 aliphatic rings. The Morgan fingerprint density at radius 1 is 1.43 bits per heavy atom. The number of rotatable bonds is 7. The summed E-state index contributed by atoms with van der Waals surface area (Å²) in [5.74, 6) is -0.128. The van der Waals surface area contributed by atoms with Gasteiger partial charge in [0.1, 0.15) is 6.10 Å². The van der Waals surface area contributed by atoms with Crippen molar-refractivity contribution in [1.82, 2.24) is 5.32 Å². The van der Waals surface area contributed by atoms with E-state index in [1.807, 2.05) is 31.2 Å². The summed E-state index contributed by atoms with van der Waals surface area (Å²) >= 11 is 0. The highest BCUT2D eigenvalue weighted by atomic mass is 16.5. The van der Waals surface area contributed by atoms with Crippen LogP contribution >= 0.6 is 0 Å². The van der Waals surface area contributed by atoms with E-state index in [0.29, 0.717) is 31.7 Å². The molecule has 1 aliphatic heterocycles. The maximum Gasteiger partial charge on any atom is 0.253 e. The van der Waals surface area contributed by atoms with Gasteiger partial charge in [-0.25, -0.2) is 0 Å². The summed E-state index contributed by atoms with van der Waals surface area (Å²) < 4.78 is 5.36. The number of amides is 2. The number of nitrogens with one attached hydrogen (secondary N) is 2. The third kappa shape index (κ3) is 6.00. The molecule has 2 atom stereocenters. The third-order valence-corrected chi connectivity index (χ3v) is 3.73. The highest BCUT2D eigenvalue weighted by Crippen LogP contribution is 2.16. The number of hydrogen-bond donors (Lipinski definition) is 3. The van der Waals surface area contributed by atoms with E-state index in [-0.39, 0.29) is 24.0 Å². The fourth-order valence-electron chi connectivity index (χ4n) is 2.41. The largest absolute Gasteiger partial charge is 0.368 e. The number of carbonyl (C=O) groups excluding carboxylic acids is 2. The first-order valence-corrected chi connectivity index (χ1v) is 8.08. The number of anilines is 1. The molecular weight excluding hydrogens is 294 g/mol. The molecular formula is C17H25N3O3. The molecule has 6 heteroatoms. The van der Waals surface area contributed by atoms with Gasteiger partial charge in [-0.3, -0.25) is 9.59 Å². The Morgan fingerprint density at radius 3 is 2.96 bits per heavy atom. The lowest BCUT2D eigenvalue weighted by Gasteiger charge is -2.12. The molecule has 2 rings (SSSR count). The number of ether oxygens (including phenoxy) is 1. The molecule has 6 nitrogen and oxygen atoms in total. The van der Waals surface area contributed by atoms with Gasteiger partial charge in [0.25, 0.3) is 5.91 Å². The standard InChI is InChI=1S/C17H25N3O3/c1-12(18)7-8-16(21)19-11-13-4-2-5-14(10-13)20-17(22)15-6-3-9-23-15/h2,4-5,10,12,15H,3,6-9,11,18H2,1H3,(H,19,21)(H,20,22). The first-order valence-electron chi connectivity index (χ1n) is 8.08. The van der Waals surface area contributed by atoms with E-state index in [4.69, 9.17) is 10.5 Å². The summed E-state index contributed by atoms with van der Waals surface area (Å²) in [7, 11) is 0. The molecule has 23 heavy (non-hydrogen) atoms. The Bertz CT molecular complexity index is 540. The van der Waals surface area contributed by atoms with E-state index in [1.54, 1.807) is 0 Å². The minimum Gasteiger partial charge on any atom is -0.368 e.